The fourth-order valence-electron chi connectivity index (χ4n) is 10.9. The number of nitrogens with zero attached hydrogens (tertiary/aromatic N) is 1. The summed E-state index contributed by atoms with van der Waals surface area (Å²) in [5.74, 6) is -0.541. The number of hydrogen-bond donors (Lipinski definition) is 1. The van der Waals surface area contributed by atoms with Crippen LogP contribution in [-0.2, 0) is 27.9 Å². The molecule has 87 heavy (non-hydrogen) atoms. The molecule has 1 N–H and O–H groups in total. The minimum absolute atomic E-state index is 0.0256. The van der Waals surface area contributed by atoms with Gasteiger partial charge in [-0.1, -0.05) is 312 Å². The number of unbranched alkanes of at least 4 members (excludes halogenated alkanes) is 42. The van der Waals surface area contributed by atoms with Gasteiger partial charge in [0.2, 0.25) is 5.91 Å². The molecule has 0 fully saturated rings. The Kier molecular flexibility index (Phi) is 64.4. The Bertz CT molecular complexity index is 1720. The molecule has 0 bridgehead atoms. The van der Waals surface area contributed by atoms with Crippen LogP contribution in [0.1, 0.15) is 355 Å². The molecule has 0 aromatic heterocycles. The van der Waals surface area contributed by atoms with E-state index in [1.54, 1.807) is 0 Å². The molecule has 0 spiro atoms. The van der Waals surface area contributed by atoms with Gasteiger partial charge in [0.15, 0.2) is 0 Å². The van der Waals surface area contributed by atoms with Gasteiger partial charge >= 0.3 is 5.97 Å². The average molecular weight is 1240 g/mol. The third-order valence-electron chi connectivity index (χ3n) is 16.6. The first kappa shape index (κ1) is 84.5. The molecule has 0 rings (SSSR count). The van der Waals surface area contributed by atoms with Crippen LogP contribution in [0.15, 0.2) is 72.9 Å². The summed E-state index contributed by atoms with van der Waals surface area (Å²) in [6, 6.07) is -0.897. The van der Waals surface area contributed by atoms with Crippen LogP contribution in [0.4, 0.5) is 0 Å². The number of quaternary nitrogens is 1. The van der Waals surface area contributed by atoms with E-state index in [-0.39, 0.29) is 24.9 Å². The second-order valence-corrected chi connectivity index (χ2v) is 27.9. The van der Waals surface area contributed by atoms with Crippen LogP contribution in [0, 0.1) is 0 Å². The van der Waals surface area contributed by atoms with Crippen molar-refractivity contribution in [2.45, 2.75) is 367 Å². The van der Waals surface area contributed by atoms with Crippen LogP contribution >= 0.6 is 7.82 Å². The van der Waals surface area contributed by atoms with Crippen LogP contribution in [0.2, 0.25) is 0 Å². The van der Waals surface area contributed by atoms with Gasteiger partial charge in [-0.15, -0.1) is 0 Å². The van der Waals surface area contributed by atoms with Crippen LogP contribution in [0.25, 0.3) is 0 Å². The first-order chi connectivity index (χ1) is 42.4. The average Bonchev–Trinajstić information content (AvgIpc) is 3.69. The molecule has 0 saturated carbocycles. The first-order valence-electron chi connectivity index (χ1n) is 37.2. The zero-order valence-electron chi connectivity index (χ0n) is 58.2. The number of phosphoric ester groups is 1. The Hall–Kier alpha value is -2.55. The van der Waals surface area contributed by atoms with E-state index in [2.05, 4.69) is 86.8 Å². The van der Waals surface area contributed by atoms with Crippen molar-refractivity contribution in [3.05, 3.63) is 72.9 Å². The molecule has 0 aliphatic carbocycles. The van der Waals surface area contributed by atoms with Crippen molar-refractivity contribution in [3.8, 4) is 0 Å². The third-order valence-corrected chi connectivity index (χ3v) is 17.6. The van der Waals surface area contributed by atoms with Gasteiger partial charge < -0.3 is 28.5 Å². The van der Waals surface area contributed by atoms with Gasteiger partial charge in [-0.3, -0.25) is 14.2 Å². The van der Waals surface area contributed by atoms with E-state index in [4.69, 9.17) is 13.8 Å². The van der Waals surface area contributed by atoms with Gasteiger partial charge in [0.05, 0.1) is 33.8 Å². The number of carbonyl (C=O) groups excluding carboxylic acids is 2. The largest absolute Gasteiger partial charge is 0.756 e. The number of carbonyl (C=O) groups is 2. The lowest BCUT2D eigenvalue weighted by molar-refractivity contribution is -0.870. The molecule has 0 saturated heterocycles. The Morgan fingerprint density at radius 3 is 1.08 bits per heavy atom. The Labute approximate surface area is 540 Å². The summed E-state index contributed by atoms with van der Waals surface area (Å²) in [4.78, 5) is 40.3. The summed E-state index contributed by atoms with van der Waals surface area (Å²) in [6.45, 7) is 6.85. The van der Waals surface area contributed by atoms with E-state index in [9.17, 15) is 19.0 Å². The minimum atomic E-state index is -4.71. The molecule has 0 aromatic rings. The van der Waals surface area contributed by atoms with Crippen molar-refractivity contribution in [1.82, 2.24) is 5.32 Å². The van der Waals surface area contributed by atoms with Gasteiger partial charge in [0.25, 0.3) is 7.82 Å². The first-order valence-corrected chi connectivity index (χ1v) is 38.7. The second kappa shape index (κ2) is 66.4. The van der Waals surface area contributed by atoms with Crippen LogP contribution in [0.5, 0.6) is 0 Å². The Balaban J connectivity index is 5.07. The maximum atomic E-state index is 13.6. The Morgan fingerprint density at radius 2 is 0.701 bits per heavy atom. The quantitative estimate of drug-likeness (QED) is 0.0212. The summed E-state index contributed by atoms with van der Waals surface area (Å²) in [7, 11) is 1.18. The molecular weight excluding hydrogens is 1100 g/mol. The van der Waals surface area contributed by atoms with Crippen LogP contribution < -0.4 is 10.2 Å². The second-order valence-electron chi connectivity index (χ2n) is 26.4. The number of phosphoric acid groups is 1. The van der Waals surface area contributed by atoms with Gasteiger partial charge in [-0.2, -0.15) is 0 Å². The molecule has 10 heteroatoms. The number of amides is 1. The van der Waals surface area contributed by atoms with E-state index in [1.807, 2.05) is 33.3 Å². The SMILES string of the molecule is CCCCC/C=C\C/C=C\C/C=C\C/C=C\CCCCCCCCCC(=O)NC(COP(=O)([O-])OCC[N+](C)(C)C)C(/C=C/CCCCCCCCCCCCC)OC(=O)CCCCCCCCCCCCCCCCC/C=C/CCCCCCCC. The van der Waals surface area contributed by atoms with Crippen molar-refractivity contribution in [1.29, 1.82) is 0 Å². The van der Waals surface area contributed by atoms with Crippen molar-refractivity contribution in [2.75, 3.05) is 40.9 Å². The van der Waals surface area contributed by atoms with Crippen molar-refractivity contribution < 1.29 is 37.3 Å². The summed E-state index contributed by atoms with van der Waals surface area (Å²) in [5, 5.41) is 3.04. The number of nitrogens with one attached hydrogen (secondary N) is 1. The van der Waals surface area contributed by atoms with Gasteiger partial charge in [0.1, 0.15) is 19.3 Å². The normalized spacial score (nSPS) is 13.9. The fraction of sp³-hybridized carbons (Fsp3) is 0.818. The maximum absolute atomic E-state index is 13.6. The standard InChI is InChI=1S/C77H143N2O7P/c1-7-10-13-16-19-22-25-28-30-32-34-36-38-39-41-43-45-47-49-52-55-58-61-64-67-70-77(81)86-75(68-65-62-59-56-53-50-27-24-21-18-15-12-9-3)74(73-85-87(82,83)84-72-71-79(4,5)6)78-76(80)69-66-63-60-57-54-51-48-46-44-42-40-37-35-33-31-29-26-23-20-17-14-11-8-2/h20,23,28-31,35,37,42,44,65,68,74-75H,7-19,21-22,24-27,32-34,36,38-41,43,45-64,66-67,69-73H2,1-6H3,(H-,78,80,82,83)/b23-20-,30-28+,31-29-,37-35-,44-42-,68-65+. The number of hydrogen-bond acceptors (Lipinski definition) is 7. The molecule has 0 aliphatic rings. The van der Waals surface area contributed by atoms with Crippen LogP contribution in [-0.4, -0.2) is 69.4 Å². The highest BCUT2D eigenvalue weighted by Crippen LogP contribution is 2.38. The lowest BCUT2D eigenvalue weighted by Crippen LogP contribution is -2.47. The molecule has 3 unspecified atom stereocenters. The zero-order chi connectivity index (χ0) is 63.5. The predicted molar refractivity (Wildman–Crippen MR) is 376 cm³/mol. The molecule has 0 radical (unpaired) electrons. The minimum Gasteiger partial charge on any atom is -0.756 e. The predicted octanol–water partition coefficient (Wildman–Crippen LogP) is 23.3. The summed E-state index contributed by atoms with van der Waals surface area (Å²) >= 11 is 0. The number of allylic oxidation sites excluding steroid dienone is 11. The lowest BCUT2D eigenvalue weighted by atomic mass is 10.0. The van der Waals surface area contributed by atoms with E-state index in [1.165, 1.54) is 231 Å². The Morgan fingerprint density at radius 1 is 0.402 bits per heavy atom. The van der Waals surface area contributed by atoms with Gasteiger partial charge in [-0.05, 0) is 102 Å². The van der Waals surface area contributed by atoms with E-state index in [0.29, 0.717) is 17.4 Å². The zero-order valence-corrected chi connectivity index (χ0v) is 59.1. The van der Waals surface area contributed by atoms with Gasteiger partial charge in [-0.25, -0.2) is 0 Å². The fourth-order valence-corrected chi connectivity index (χ4v) is 11.6. The maximum Gasteiger partial charge on any atom is 0.306 e. The van der Waals surface area contributed by atoms with E-state index < -0.39 is 26.6 Å². The number of ether oxygens (including phenoxy) is 1. The highest BCUT2D eigenvalue weighted by atomic mass is 31.2. The molecule has 0 heterocycles. The molecule has 0 aromatic carbocycles. The number of rotatable bonds is 68. The molecule has 508 valence electrons. The summed E-state index contributed by atoms with van der Waals surface area (Å²) in [6.07, 6.45) is 87.4. The number of likely N-dealkylation sites (N-methyl/N-ethyl adjacent to an activating group) is 1. The topological polar surface area (TPSA) is 114 Å². The highest BCUT2D eigenvalue weighted by Gasteiger charge is 2.27. The summed E-state index contributed by atoms with van der Waals surface area (Å²) in [5.41, 5.74) is 0. The third kappa shape index (κ3) is 67.7. The van der Waals surface area contributed by atoms with Crippen molar-refractivity contribution in [3.63, 3.8) is 0 Å². The monoisotopic (exact) mass is 1240 g/mol. The van der Waals surface area contributed by atoms with E-state index in [0.717, 1.165) is 89.9 Å². The van der Waals surface area contributed by atoms with Crippen LogP contribution in [0.3, 0.4) is 0 Å². The van der Waals surface area contributed by atoms with E-state index >= 15 is 0 Å². The molecule has 9 nitrogen and oxygen atoms in total. The molecule has 1 amide bonds. The van der Waals surface area contributed by atoms with Crippen molar-refractivity contribution >= 4 is 19.7 Å². The molecule has 0 aliphatic heterocycles. The van der Waals surface area contributed by atoms with Crippen molar-refractivity contribution in [2.24, 2.45) is 0 Å². The lowest BCUT2D eigenvalue weighted by Gasteiger charge is -2.30. The molecular formula is C77H143N2O7P. The summed E-state index contributed by atoms with van der Waals surface area (Å²) < 4.78 is 30.5. The molecule has 3 atom stereocenters. The highest BCUT2D eigenvalue weighted by molar-refractivity contribution is 7.45. The van der Waals surface area contributed by atoms with Gasteiger partial charge in [0, 0.05) is 12.8 Å². The number of esters is 1. The smallest absolute Gasteiger partial charge is 0.306 e.